The normalized spacial score (nSPS) is 10.4. The SMILES string of the molecule is N#Cc1cc([N+](=O)[O-])ccc1NCc1ccccc1-c1ccc(Cn2ccnc2)cc1. The molecular weight excluding hydrogens is 390 g/mol. The third kappa shape index (κ3) is 4.60. The number of nitro benzene ring substituents is 1. The van der Waals surface area contributed by atoms with E-state index in [0.29, 0.717) is 12.2 Å². The molecule has 0 fully saturated rings. The highest BCUT2D eigenvalue weighted by molar-refractivity contribution is 5.69. The van der Waals surface area contributed by atoms with Gasteiger partial charge < -0.3 is 9.88 Å². The minimum atomic E-state index is -0.504. The van der Waals surface area contributed by atoms with Gasteiger partial charge in [-0.25, -0.2) is 4.98 Å². The van der Waals surface area contributed by atoms with Crippen LogP contribution in [0.1, 0.15) is 16.7 Å². The second-order valence-electron chi connectivity index (χ2n) is 7.04. The van der Waals surface area contributed by atoms with E-state index in [1.165, 1.54) is 17.7 Å². The lowest BCUT2D eigenvalue weighted by atomic mass is 9.98. The van der Waals surface area contributed by atoms with E-state index in [4.69, 9.17) is 0 Å². The Morgan fingerprint density at radius 1 is 1.10 bits per heavy atom. The largest absolute Gasteiger partial charge is 0.380 e. The number of hydrogen-bond acceptors (Lipinski definition) is 5. The fraction of sp³-hybridized carbons (Fsp3) is 0.0833. The Balaban J connectivity index is 1.53. The van der Waals surface area contributed by atoms with E-state index in [9.17, 15) is 15.4 Å². The molecule has 0 spiro atoms. The highest BCUT2D eigenvalue weighted by Crippen LogP contribution is 2.27. The molecule has 0 aliphatic carbocycles. The molecule has 0 amide bonds. The molecule has 1 N–H and O–H groups in total. The van der Waals surface area contributed by atoms with E-state index in [1.54, 1.807) is 18.6 Å². The smallest absolute Gasteiger partial charge is 0.270 e. The van der Waals surface area contributed by atoms with Crippen molar-refractivity contribution >= 4 is 11.4 Å². The molecule has 0 saturated heterocycles. The zero-order valence-corrected chi connectivity index (χ0v) is 16.6. The van der Waals surface area contributed by atoms with E-state index in [-0.39, 0.29) is 11.3 Å². The quantitative estimate of drug-likeness (QED) is 0.343. The molecule has 4 rings (SSSR count). The highest BCUT2D eigenvalue weighted by Gasteiger charge is 2.11. The van der Waals surface area contributed by atoms with Gasteiger partial charge in [-0.1, -0.05) is 48.5 Å². The van der Waals surface area contributed by atoms with Crippen LogP contribution in [0.5, 0.6) is 0 Å². The number of benzene rings is 3. The van der Waals surface area contributed by atoms with Gasteiger partial charge in [-0.05, 0) is 28.3 Å². The van der Waals surface area contributed by atoms with Gasteiger partial charge in [0.25, 0.3) is 5.69 Å². The predicted molar refractivity (Wildman–Crippen MR) is 118 cm³/mol. The van der Waals surface area contributed by atoms with Gasteiger partial charge >= 0.3 is 0 Å². The summed E-state index contributed by atoms with van der Waals surface area (Å²) in [5.41, 5.74) is 5.14. The number of imidazole rings is 1. The average molecular weight is 409 g/mol. The summed E-state index contributed by atoms with van der Waals surface area (Å²) in [7, 11) is 0. The van der Waals surface area contributed by atoms with Crippen molar-refractivity contribution in [2.45, 2.75) is 13.1 Å². The van der Waals surface area contributed by atoms with E-state index >= 15 is 0 Å². The first-order valence-corrected chi connectivity index (χ1v) is 9.69. The second kappa shape index (κ2) is 8.93. The molecule has 0 bridgehead atoms. The van der Waals surface area contributed by atoms with Crippen LogP contribution in [-0.4, -0.2) is 14.5 Å². The van der Waals surface area contributed by atoms with E-state index in [0.717, 1.165) is 23.2 Å². The Kier molecular flexibility index (Phi) is 5.72. The van der Waals surface area contributed by atoms with Gasteiger partial charge in [-0.15, -0.1) is 0 Å². The molecule has 3 aromatic carbocycles. The lowest BCUT2D eigenvalue weighted by molar-refractivity contribution is -0.384. The lowest BCUT2D eigenvalue weighted by Crippen LogP contribution is -2.03. The zero-order chi connectivity index (χ0) is 21.6. The molecule has 7 heteroatoms. The number of nitrogens with one attached hydrogen (secondary N) is 1. The molecular formula is C24H19N5O2. The summed E-state index contributed by atoms with van der Waals surface area (Å²) in [6, 6.07) is 22.7. The molecule has 152 valence electrons. The van der Waals surface area contributed by atoms with Crippen LogP contribution < -0.4 is 5.32 Å². The van der Waals surface area contributed by atoms with Crippen molar-refractivity contribution in [1.82, 2.24) is 9.55 Å². The molecule has 0 aliphatic heterocycles. The van der Waals surface area contributed by atoms with Gasteiger partial charge in [0.05, 0.1) is 22.5 Å². The Morgan fingerprint density at radius 3 is 2.61 bits per heavy atom. The summed E-state index contributed by atoms with van der Waals surface area (Å²) in [6.45, 7) is 1.25. The number of nitrogens with zero attached hydrogens (tertiary/aromatic N) is 4. The van der Waals surface area contributed by atoms with Gasteiger partial charge in [-0.2, -0.15) is 5.26 Å². The van der Waals surface area contributed by atoms with Crippen molar-refractivity contribution in [1.29, 1.82) is 5.26 Å². The van der Waals surface area contributed by atoms with Crippen LogP contribution in [0.15, 0.2) is 85.5 Å². The van der Waals surface area contributed by atoms with Crippen LogP contribution in [0.2, 0.25) is 0 Å². The summed E-state index contributed by atoms with van der Waals surface area (Å²) in [4.78, 5) is 14.5. The first kappa shape index (κ1) is 19.9. The number of aromatic nitrogens is 2. The number of nitriles is 1. The minimum Gasteiger partial charge on any atom is -0.380 e. The molecule has 0 unspecified atom stereocenters. The Labute approximate surface area is 179 Å². The summed E-state index contributed by atoms with van der Waals surface area (Å²) in [5, 5.41) is 23.5. The summed E-state index contributed by atoms with van der Waals surface area (Å²) < 4.78 is 2.02. The molecule has 1 aromatic heterocycles. The van der Waals surface area contributed by atoms with Crippen molar-refractivity contribution in [3.63, 3.8) is 0 Å². The number of rotatable bonds is 7. The second-order valence-corrected chi connectivity index (χ2v) is 7.04. The Bertz CT molecular complexity index is 1240. The maximum atomic E-state index is 10.9. The Morgan fingerprint density at radius 2 is 1.90 bits per heavy atom. The number of non-ortho nitro benzene ring substituents is 1. The van der Waals surface area contributed by atoms with Gasteiger partial charge in [0, 0.05) is 37.6 Å². The number of anilines is 1. The highest BCUT2D eigenvalue weighted by atomic mass is 16.6. The summed E-state index contributed by atoms with van der Waals surface area (Å²) in [6.07, 6.45) is 5.49. The monoisotopic (exact) mass is 409 g/mol. The summed E-state index contributed by atoms with van der Waals surface area (Å²) >= 11 is 0. The standard InChI is InChI=1S/C24H19N5O2/c25-14-21-13-22(29(30)31)9-10-24(21)27-15-20-3-1-2-4-23(20)19-7-5-18(6-8-19)16-28-12-11-26-17-28/h1-13,17,27H,15-16H2. The third-order valence-electron chi connectivity index (χ3n) is 5.01. The Hall–Kier alpha value is -4.44. The van der Waals surface area contributed by atoms with E-state index < -0.39 is 4.92 Å². The van der Waals surface area contributed by atoms with Crippen LogP contribution in [0.3, 0.4) is 0 Å². The van der Waals surface area contributed by atoms with Crippen molar-refractivity contribution in [2.24, 2.45) is 0 Å². The maximum absolute atomic E-state index is 10.9. The number of hydrogen-bond donors (Lipinski definition) is 1. The molecule has 0 atom stereocenters. The van der Waals surface area contributed by atoms with E-state index in [2.05, 4.69) is 40.6 Å². The molecule has 0 saturated carbocycles. The molecule has 1 heterocycles. The van der Waals surface area contributed by atoms with Crippen LogP contribution in [-0.2, 0) is 13.1 Å². The van der Waals surface area contributed by atoms with Crippen molar-refractivity contribution in [2.75, 3.05) is 5.32 Å². The lowest BCUT2D eigenvalue weighted by Gasteiger charge is -2.13. The molecule has 4 aromatic rings. The van der Waals surface area contributed by atoms with Gasteiger partial charge in [0.2, 0.25) is 0 Å². The average Bonchev–Trinajstić information content (AvgIpc) is 3.31. The molecule has 31 heavy (non-hydrogen) atoms. The van der Waals surface area contributed by atoms with E-state index in [1.807, 2.05) is 35.0 Å². The molecule has 0 radical (unpaired) electrons. The van der Waals surface area contributed by atoms with Gasteiger partial charge in [0.1, 0.15) is 6.07 Å². The first-order chi connectivity index (χ1) is 15.1. The van der Waals surface area contributed by atoms with Crippen LogP contribution in [0.4, 0.5) is 11.4 Å². The van der Waals surface area contributed by atoms with Crippen molar-refractivity contribution in [3.05, 3.63) is 112 Å². The maximum Gasteiger partial charge on any atom is 0.270 e. The molecule has 7 nitrogen and oxygen atoms in total. The first-order valence-electron chi connectivity index (χ1n) is 9.69. The van der Waals surface area contributed by atoms with Gasteiger partial charge in [0.15, 0.2) is 0 Å². The predicted octanol–water partition coefficient (Wildman–Crippen LogP) is 4.99. The number of nitro groups is 1. The van der Waals surface area contributed by atoms with Crippen LogP contribution in [0.25, 0.3) is 11.1 Å². The van der Waals surface area contributed by atoms with Crippen molar-refractivity contribution in [3.8, 4) is 17.2 Å². The zero-order valence-electron chi connectivity index (χ0n) is 16.6. The fourth-order valence-electron chi connectivity index (χ4n) is 3.42. The fourth-order valence-corrected chi connectivity index (χ4v) is 3.42. The minimum absolute atomic E-state index is 0.0988. The van der Waals surface area contributed by atoms with Crippen LogP contribution in [0, 0.1) is 21.4 Å². The summed E-state index contributed by atoms with van der Waals surface area (Å²) in [5.74, 6) is 0. The topological polar surface area (TPSA) is 96.8 Å². The molecule has 0 aliphatic rings. The third-order valence-corrected chi connectivity index (χ3v) is 5.01. The van der Waals surface area contributed by atoms with Crippen molar-refractivity contribution < 1.29 is 4.92 Å². The van der Waals surface area contributed by atoms with Crippen LogP contribution >= 0.6 is 0 Å². The van der Waals surface area contributed by atoms with Gasteiger partial charge in [-0.3, -0.25) is 10.1 Å².